The van der Waals surface area contributed by atoms with Crippen molar-refractivity contribution in [2.45, 2.75) is 33.4 Å². The molecule has 0 atom stereocenters. The molecule has 0 fully saturated rings. The summed E-state index contributed by atoms with van der Waals surface area (Å²) in [6.45, 7) is 6.30. The molecule has 0 aliphatic carbocycles. The fraction of sp³-hybridized carbons (Fsp3) is 0.462. The van der Waals surface area contributed by atoms with Crippen LogP contribution in [0.5, 0.6) is 0 Å². The van der Waals surface area contributed by atoms with E-state index in [4.69, 9.17) is 0 Å². The highest BCUT2D eigenvalue weighted by Crippen LogP contribution is 2.08. The first-order valence-electron chi connectivity index (χ1n) is 5.74. The smallest absolute Gasteiger partial charge is 0.234 e. The Hall–Kier alpha value is -1.42. The van der Waals surface area contributed by atoms with Gasteiger partial charge in [-0.25, -0.2) is 4.39 Å². The van der Waals surface area contributed by atoms with Crippen LogP contribution in [0, 0.1) is 12.7 Å². The van der Waals surface area contributed by atoms with E-state index < -0.39 is 0 Å². The van der Waals surface area contributed by atoms with Crippen LogP contribution in [0.25, 0.3) is 0 Å². The van der Waals surface area contributed by atoms with Gasteiger partial charge in [-0.1, -0.05) is 26.0 Å². The van der Waals surface area contributed by atoms with Gasteiger partial charge in [0.1, 0.15) is 5.82 Å². The summed E-state index contributed by atoms with van der Waals surface area (Å²) < 4.78 is 13.2. The van der Waals surface area contributed by atoms with Crippen LogP contribution in [0.4, 0.5) is 4.39 Å². The van der Waals surface area contributed by atoms with Crippen LogP contribution in [0.3, 0.4) is 0 Å². The van der Waals surface area contributed by atoms with Gasteiger partial charge < -0.3 is 10.6 Å². The molecule has 17 heavy (non-hydrogen) atoms. The molecule has 0 aromatic heterocycles. The first-order chi connectivity index (χ1) is 7.99. The maximum Gasteiger partial charge on any atom is 0.234 e. The molecule has 0 bridgehead atoms. The van der Waals surface area contributed by atoms with Crippen LogP contribution in [-0.4, -0.2) is 18.5 Å². The van der Waals surface area contributed by atoms with Crippen molar-refractivity contribution >= 4 is 5.91 Å². The average molecular weight is 238 g/mol. The Labute approximate surface area is 101 Å². The van der Waals surface area contributed by atoms with Crippen LogP contribution in [-0.2, 0) is 11.3 Å². The van der Waals surface area contributed by atoms with Crippen LogP contribution in [0.15, 0.2) is 18.2 Å². The molecule has 0 heterocycles. The fourth-order valence-electron chi connectivity index (χ4n) is 1.31. The Bertz CT molecular complexity index is 391. The number of hydrogen-bond acceptors (Lipinski definition) is 2. The number of carbonyl (C=O) groups excluding carboxylic acids is 1. The Morgan fingerprint density at radius 3 is 2.71 bits per heavy atom. The van der Waals surface area contributed by atoms with Gasteiger partial charge in [0.25, 0.3) is 0 Å². The van der Waals surface area contributed by atoms with Crippen molar-refractivity contribution in [3.05, 3.63) is 35.1 Å². The van der Waals surface area contributed by atoms with Crippen molar-refractivity contribution in [3.63, 3.8) is 0 Å². The maximum absolute atomic E-state index is 13.2. The first-order valence-corrected chi connectivity index (χ1v) is 5.74. The number of amides is 1. The molecule has 0 aliphatic rings. The summed E-state index contributed by atoms with van der Waals surface area (Å²) >= 11 is 0. The zero-order valence-electron chi connectivity index (χ0n) is 10.5. The average Bonchev–Trinajstić information content (AvgIpc) is 2.28. The van der Waals surface area contributed by atoms with Gasteiger partial charge in [-0.15, -0.1) is 0 Å². The third kappa shape index (κ3) is 4.95. The van der Waals surface area contributed by atoms with Crippen molar-refractivity contribution in [2.24, 2.45) is 0 Å². The minimum Gasteiger partial charge on any atom is -0.351 e. The lowest BCUT2D eigenvalue weighted by atomic mass is 10.1. The SMILES string of the molecule is Cc1ccc(CNC(=O)CNC(C)C)cc1F. The number of halogens is 1. The Balaban J connectivity index is 2.39. The molecule has 94 valence electrons. The largest absolute Gasteiger partial charge is 0.351 e. The molecule has 0 saturated carbocycles. The molecular formula is C13H19FN2O. The molecule has 0 saturated heterocycles. The van der Waals surface area contributed by atoms with Crippen LogP contribution in [0.1, 0.15) is 25.0 Å². The second-order valence-corrected chi connectivity index (χ2v) is 4.40. The Morgan fingerprint density at radius 1 is 1.41 bits per heavy atom. The van der Waals surface area contributed by atoms with Gasteiger partial charge in [-0.3, -0.25) is 4.79 Å². The highest BCUT2D eigenvalue weighted by atomic mass is 19.1. The molecule has 0 unspecified atom stereocenters. The monoisotopic (exact) mass is 238 g/mol. The highest BCUT2D eigenvalue weighted by molar-refractivity contribution is 5.77. The van der Waals surface area contributed by atoms with E-state index in [-0.39, 0.29) is 24.3 Å². The second-order valence-electron chi connectivity index (χ2n) is 4.40. The molecule has 0 radical (unpaired) electrons. The molecule has 1 amide bonds. The number of benzene rings is 1. The van der Waals surface area contributed by atoms with Gasteiger partial charge >= 0.3 is 0 Å². The quantitative estimate of drug-likeness (QED) is 0.820. The molecule has 2 N–H and O–H groups in total. The zero-order valence-corrected chi connectivity index (χ0v) is 10.5. The number of carbonyl (C=O) groups is 1. The standard InChI is InChI=1S/C13H19FN2O/c1-9(2)15-8-13(17)16-7-11-5-4-10(3)12(14)6-11/h4-6,9,15H,7-8H2,1-3H3,(H,16,17). The van der Waals surface area contributed by atoms with Crippen LogP contribution < -0.4 is 10.6 Å². The van der Waals surface area contributed by atoms with Gasteiger partial charge in [0.2, 0.25) is 5.91 Å². The van der Waals surface area contributed by atoms with Crippen LogP contribution >= 0.6 is 0 Å². The summed E-state index contributed by atoms with van der Waals surface area (Å²) in [4.78, 5) is 11.4. The summed E-state index contributed by atoms with van der Waals surface area (Å²) in [6.07, 6.45) is 0. The summed E-state index contributed by atoms with van der Waals surface area (Å²) in [6, 6.07) is 5.25. The minimum atomic E-state index is -0.239. The predicted octanol–water partition coefficient (Wildman–Crippen LogP) is 1.75. The minimum absolute atomic E-state index is 0.0836. The fourth-order valence-corrected chi connectivity index (χ4v) is 1.31. The van der Waals surface area contributed by atoms with Gasteiger partial charge in [-0.2, -0.15) is 0 Å². The number of hydrogen-bond donors (Lipinski definition) is 2. The molecule has 3 nitrogen and oxygen atoms in total. The van der Waals surface area contributed by atoms with E-state index in [1.165, 1.54) is 6.07 Å². The second kappa shape index (κ2) is 6.35. The zero-order chi connectivity index (χ0) is 12.8. The molecule has 1 aromatic rings. The van der Waals surface area contributed by atoms with E-state index in [9.17, 15) is 9.18 Å². The molecule has 4 heteroatoms. The number of rotatable bonds is 5. The van der Waals surface area contributed by atoms with E-state index in [1.54, 1.807) is 13.0 Å². The Kier molecular flexibility index (Phi) is 5.10. The molecule has 1 aromatic carbocycles. The third-order valence-electron chi connectivity index (χ3n) is 2.40. The lowest BCUT2D eigenvalue weighted by Gasteiger charge is -2.09. The van der Waals surface area contributed by atoms with E-state index in [1.807, 2.05) is 19.9 Å². The van der Waals surface area contributed by atoms with E-state index >= 15 is 0 Å². The topological polar surface area (TPSA) is 41.1 Å². The molecule has 0 aliphatic heterocycles. The van der Waals surface area contributed by atoms with Crippen LogP contribution in [0.2, 0.25) is 0 Å². The van der Waals surface area contributed by atoms with Crippen molar-refractivity contribution in [2.75, 3.05) is 6.54 Å². The van der Waals surface area contributed by atoms with E-state index in [2.05, 4.69) is 10.6 Å². The van der Waals surface area contributed by atoms with Crippen molar-refractivity contribution in [3.8, 4) is 0 Å². The summed E-state index contributed by atoms with van der Waals surface area (Å²) in [7, 11) is 0. The van der Waals surface area contributed by atoms with Crippen molar-refractivity contribution in [1.29, 1.82) is 0 Å². The summed E-state index contributed by atoms with van der Waals surface area (Å²) in [5, 5.41) is 5.75. The molecular weight excluding hydrogens is 219 g/mol. The van der Waals surface area contributed by atoms with E-state index in [0.29, 0.717) is 12.1 Å². The normalized spacial score (nSPS) is 10.6. The van der Waals surface area contributed by atoms with Crippen molar-refractivity contribution < 1.29 is 9.18 Å². The highest BCUT2D eigenvalue weighted by Gasteiger charge is 2.03. The Morgan fingerprint density at radius 2 is 2.12 bits per heavy atom. The van der Waals surface area contributed by atoms with Gasteiger partial charge in [0.05, 0.1) is 6.54 Å². The van der Waals surface area contributed by atoms with Gasteiger partial charge in [-0.05, 0) is 24.1 Å². The molecule has 0 spiro atoms. The first kappa shape index (κ1) is 13.6. The van der Waals surface area contributed by atoms with Gasteiger partial charge in [0.15, 0.2) is 0 Å². The maximum atomic E-state index is 13.2. The number of aryl methyl sites for hydroxylation is 1. The summed E-state index contributed by atoms with van der Waals surface area (Å²) in [5.41, 5.74) is 1.38. The summed E-state index contributed by atoms with van der Waals surface area (Å²) in [5.74, 6) is -0.322. The molecule has 1 rings (SSSR count). The predicted molar refractivity (Wildman–Crippen MR) is 66.1 cm³/mol. The number of nitrogens with one attached hydrogen (secondary N) is 2. The lowest BCUT2D eigenvalue weighted by molar-refractivity contribution is -0.120. The lowest BCUT2D eigenvalue weighted by Crippen LogP contribution is -2.36. The van der Waals surface area contributed by atoms with E-state index in [0.717, 1.165) is 5.56 Å². The van der Waals surface area contributed by atoms with Crippen molar-refractivity contribution in [1.82, 2.24) is 10.6 Å². The third-order valence-corrected chi connectivity index (χ3v) is 2.40. The van der Waals surface area contributed by atoms with Gasteiger partial charge in [0, 0.05) is 12.6 Å².